The number of anilines is 1. The number of hydrazine groups is 1. The quantitative estimate of drug-likeness (QED) is 0.320. The fraction of sp³-hybridized carbons (Fsp3) is 0. The molecular formula is C7H7ClIN3S. The summed E-state index contributed by atoms with van der Waals surface area (Å²) in [6, 6.07) is 5.59. The monoisotopic (exact) mass is 327 g/mol. The molecular weight excluding hydrogens is 321 g/mol. The van der Waals surface area contributed by atoms with E-state index in [0.29, 0.717) is 10.1 Å². The predicted molar refractivity (Wildman–Crippen MR) is 67.7 cm³/mol. The van der Waals surface area contributed by atoms with Gasteiger partial charge >= 0.3 is 0 Å². The minimum atomic E-state index is 0.337. The first-order valence-electron chi connectivity index (χ1n) is 3.36. The van der Waals surface area contributed by atoms with Crippen LogP contribution in [0.4, 0.5) is 5.69 Å². The van der Waals surface area contributed by atoms with Crippen LogP contribution >= 0.6 is 46.4 Å². The third kappa shape index (κ3) is 3.26. The van der Waals surface area contributed by atoms with Crippen molar-refractivity contribution >= 4 is 57.2 Å². The van der Waals surface area contributed by atoms with Crippen LogP contribution in [-0.4, -0.2) is 5.11 Å². The topological polar surface area (TPSA) is 50.1 Å². The van der Waals surface area contributed by atoms with E-state index in [9.17, 15) is 0 Å². The van der Waals surface area contributed by atoms with Crippen molar-refractivity contribution in [1.82, 2.24) is 5.43 Å². The molecule has 0 aromatic heterocycles. The Bertz CT molecular complexity index is 332. The molecule has 0 saturated heterocycles. The Balaban J connectivity index is 2.87. The van der Waals surface area contributed by atoms with E-state index in [2.05, 4.69) is 33.3 Å². The lowest BCUT2D eigenvalue weighted by Crippen LogP contribution is -2.34. The molecule has 0 spiro atoms. The Morgan fingerprint density at radius 2 is 2.23 bits per heavy atom. The van der Waals surface area contributed by atoms with Gasteiger partial charge in [-0.1, -0.05) is 11.6 Å². The van der Waals surface area contributed by atoms with Crippen LogP contribution in [0.5, 0.6) is 0 Å². The summed E-state index contributed by atoms with van der Waals surface area (Å²) < 4.78 is 1.07. The van der Waals surface area contributed by atoms with Crippen molar-refractivity contribution in [3.63, 3.8) is 0 Å². The highest BCUT2D eigenvalue weighted by molar-refractivity contribution is 14.1. The van der Waals surface area contributed by atoms with Crippen LogP contribution in [0.3, 0.4) is 0 Å². The summed E-state index contributed by atoms with van der Waals surface area (Å²) >= 11 is 12.9. The number of hydrogen-bond acceptors (Lipinski definition) is 2. The minimum absolute atomic E-state index is 0.337. The largest absolute Gasteiger partial charge is 0.330 e. The predicted octanol–water partition coefficient (Wildman–Crippen LogP) is 2.10. The van der Waals surface area contributed by atoms with Crippen molar-refractivity contribution in [3.8, 4) is 0 Å². The highest BCUT2D eigenvalue weighted by Crippen LogP contribution is 2.23. The maximum absolute atomic E-state index is 5.90. The molecule has 0 unspecified atom stereocenters. The van der Waals surface area contributed by atoms with Gasteiger partial charge in [0.1, 0.15) is 0 Å². The maximum atomic E-state index is 5.90. The summed E-state index contributed by atoms with van der Waals surface area (Å²) in [6.45, 7) is 0. The summed E-state index contributed by atoms with van der Waals surface area (Å²) in [4.78, 5) is 0. The van der Waals surface area contributed by atoms with Crippen LogP contribution in [0.25, 0.3) is 0 Å². The number of benzene rings is 1. The van der Waals surface area contributed by atoms with Gasteiger partial charge in [-0.2, -0.15) is 0 Å². The SMILES string of the molecule is NNC(=S)Nc1cc(I)ccc1Cl. The van der Waals surface area contributed by atoms with E-state index in [1.54, 1.807) is 6.07 Å². The molecule has 13 heavy (non-hydrogen) atoms. The summed E-state index contributed by atoms with van der Waals surface area (Å²) in [5.41, 5.74) is 3.07. The lowest BCUT2D eigenvalue weighted by Gasteiger charge is -2.08. The minimum Gasteiger partial charge on any atom is -0.330 e. The van der Waals surface area contributed by atoms with Crippen LogP contribution in [0.1, 0.15) is 0 Å². The van der Waals surface area contributed by atoms with Crippen molar-refractivity contribution in [3.05, 3.63) is 26.8 Å². The highest BCUT2D eigenvalue weighted by Gasteiger charge is 2.01. The van der Waals surface area contributed by atoms with Crippen molar-refractivity contribution in [2.45, 2.75) is 0 Å². The van der Waals surface area contributed by atoms with E-state index in [1.807, 2.05) is 12.1 Å². The molecule has 0 aliphatic carbocycles. The number of rotatable bonds is 1. The van der Waals surface area contributed by atoms with Gasteiger partial charge in [-0.25, -0.2) is 5.84 Å². The summed E-state index contributed by atoms with van der Waals surface area (Å²) in [5.74, 6) is 5.11. The Morgan fingerprint density at radius 1 is 1.54 bits per heavy atom. The second-order valence-electron chi connectivity index (χ2n) is 2.22. The van der Waals surface area contributed by atoms with Gasteiger partial charge in [0, 0.05) is 3.57 Å². The van der Waals surface area contributed by atoms with Crippen molar-refractivity contribution in [1.29, 1.82) is 0 Å². The summed E-state index contributed by atoms with van der Waals surface area (Å²) in [5, 5.41) is 3.81. The molecule has 1 aromatic rings. The van der Waals surface area contributed by atoms with E-state index in [4.69, 9.17) is 29.7 Å². The van der Waals surface area contributed by atoms with Gasteiger partial charge in [-0.3, -0.25) is 0 Å². The average Bonchev–Trinajstić information content (AvgIpc) is 2.11. The van der Waals surface area contributed by atoms with Crippen LogP contribution in [-0.2, 0) is 0 Å². The lowest BCUT2D eigenvalue weighted by atomic mass is 10.3. The lowest BCUT2D eigenvalue weighted by molar-refractivity contribution is 1.04. The number of halogens is 2. The first kappa shape index (κ1) is 11.0. The fourth-order valence-corrected chi connectivity index (χ4v) is 1.52. The van der Waals surface area contributed by atoms with E-state index >= 15 is 0 Å². The second kappa shape index (κ2) is 4.94. The molecule has 1 rings (SSSR count). The third-order valence-electron chi connectivity index (χ3n) is 1.31. The molecule has 0 aliphatic heterocycles. The Hall–Kier alpha value is -0.110. The first-order chi connectivity index (χ1) is 6.13. The maximum Gasteiger partial charge on any atom is 0.185 e. The standard InChI is InChI=1S/C7H7ClIN3S/c8-5-2-1-4(9)3-6(5)11-7(13)12-10/h1-3H,10H2,(H2,11,12,13). The molecule has 4 N–H and O–H groups in total. The number of thiocarbonyl (C=S) groups is 1. The van der Waals surface area contributed by atoms with Gasteiger partial charge in [0.2, 0.25) is 0 Å². The molecule has 3 nitrogen and oxygen atoms in total. The number of nitrogens with two attached hydrogens (primary N) is 1. The highest BCUT2D eigenvalue weighted by atomic mass is 127. The zero-order valence-corrected chi connectivity index (χ0v) is 10.2. The number of hydrogen-bond donors (Lipinski definition) is 3. The van der Waals surface area contributed by atoms with Gasteiger partial charge in [0.15, 0.2) is 5.11 Å². The van der Waals surface area contributed by atoms with E-state index in [1.165, 1.54) is 0 Å². The molecule has 0 aliphatic rings. The average molecular weight is 328 g/mol. The molecule has 6 heteroatoms. The molecule has 0 saturated carbocycles. The smallest absolute Gasteiger partial charge is 0.185 e. The molecule has 0 amide bonds. The first-order valence-corrected chi connectivity index (χ1v) is 5.22. The van der Waals surface area contributed by atoms with Gasteiger partial charge < -0.3 is 10.7 Å². The Labute approximate surface area is 100 Å². The summed E-state index contributed by atoms with van der Waals surface area (Å²) in [7, 11) is 0. The Kier molecular flexibility index (Phi) is 4.17. The van der Waals surface area contributed by atoms with E-state index < -0.39 is 0 Å². The summed E-state index contributed by atoms with van der Waals surface area (Å²) in [6.07, 6.45) is 0. The van der Waals surface area contributed by atoms with Crippen molar-refractivity contribution in [2.75, 3.05) is 5.32 Å². The molecule has 0 fully saturated rings. The van der Waals surface area contributed by atoms with Gasteiger partial charge in [-0.05, 0) is 53.0 Å². The van der Waals surface area contributed by atoms with Gasteiger partial charge in [0.05, 0.1) is 10.7 Å². The normalized spacial score (nSPS) is 9.46. The van der Waals surface area contributed by atoms with Crippen LogP contribution in [0.15, 0.2) is 18.2 Å². The fourth-order valence-electron chi connectivity index (χ4n) is 0.752. The number of nitrogens with one attached hydrogen (secondary N) is 2. The third-order valence-corrected chi connectivity index (χ3v) is 2.53. The van der Waals surface area contributed by atoms with Gasteiger partial charge in [-0.15, -0.1) is 0 Å². The van der Waals surface area contributed by atoms with E-state index in [0.717, 1.165) is 9.26 Å². The van der Waals surface area contributed by atoms with Crippen molar-refractivity contribution < 1.29 is 0 Å². The zero-order chi connectivity index (χ0) is 9.84. The van der Waals surface area contributed by atoms with Crippen LogP contribution in [0.2, 0.25) is 5.02 Å². The Morgan fingerprint density at radius 3 is 2.85 bits per heavy atom. The molecule has 1 aromatic carbocycles. The van der Waals surface area contributed by atoms with Gasteiger partial charge in [0.25, 0.3) is 0 Å². The van der Waals surface area contributed by atoms with Crippen molar-refractivity contribution in [2.24, 2.45) is 5.84 Å². The molecule has 0 bridgehead atoms. The molecule has 0 radical (unpaired) electrons. The zero-order valence-electron chi connectivity index (χ0n) is 6.47. The molecule has 0 atom stereocenters. The molecule has 70 valence electrons. The molecule has 0 heterocycles. The van der Waals surface area contributed by atoms with Crippen LogP contribution in [0, 0.1) is 3.57 Å². The van der Waals surface area contributed by atoms with Crippen LogP contribution < -0.4 is 16.6 Å². The second-order valence-corrected chi connectivity index (χ2v) is 4.28. The van der Waals surface area contributed by atoms with E-state index in [-0.39, 0.29) is 0 Å².